The van der Waals surface area contributed by atoms with Crippen LogP contribution in [0.5, 0.6) is 0 Å². The fraction of sp³-hybridized carbons (Fsp3) is 0.333. The molecule has 2 heterocycles. The molecule has 0 saturated heterocycles. The van der Waals surface area contributed by atoms with Crippen LogP contribution in [-0.2, 0) is 16.9 Å². The number of carbonyl (C=O) groups is 1. The fourth-order valence-corrected chi connectivity index (χ4v) is 2.69. The predicted octanol–water partition coefficient (Wildman–Crippen LogP) is 1.16. The minimum Gasteiger partial charge on any atom is -0.343 e. The van der Waals surface area contributed by atoms with Crippen molar-refractivity contribution in [1.29, 1.82) is 0 Å². The highest BCUT2D eigenvalue weighted by atomic mass is 16.2. The first-order valence-corrected chi connectivity index (χ1v) is 5.56. The lowest BCUT2D eigenvalue weighted by Crippen LogP contribution is -2.44. The second-order valence-corrected chi connectivity index (χ2v) is 4.65. The van der Waals surface area contributed by atoms with Crippen molar-refractivity contribution in [2.24, 2.45) is 0 Å². The molecule has 1 aromatic heterocycles. The minimum atomic E-state index is -0.106. The van der Waals surface area contributed by atoms with E-state index in [1.165, 1.54) is 11.1 Å². The van der Waals surface area contributed by atoms with Crippen LogP contribution in [-0.4, -0.2) is 15.7 Å². The molecule has 4 rings (SSSR count). The SMILES string of the molecule is O=C1Cn2nc3ccccc3c2C2(CC2)N1. The van der Waals surface area contributed by atoms with Crippen LogP contribution in [0.2, 0.25) is 0 Å². The molecule has 0 radical (unpaired) electrons. The summed E-state index contributed by atoms with van der Waals surface area (Å²) in [5, 5.41) is 8.78. The van der Waals surface area contributed by atoms with Crippen molar-refractivity contribution in [2.75, 3.05) is 0 Å². The van der Waals surface area contributed by atoms with Gasteiger partial charge in [0.05, 0.1) is 16.7 Å². The molecule has 2 aromatic rings. The molecule has 0 unspecified atom stereocenters. The Bertz CT molecular complexity index is 610. The third-order valence-electron chi connectivity index (χ3n) is 3.52. The minimum absolute atomic E-state index is 0.0813. The van der Waals surface area contributed by atoms with E-state index in [9.17, 15) is 4.79 Å². The summed E-state index contributed by atoms with van der Waals surface area (Å²) in [7, 11) is 0. The first kappa shape index (κ1) is 8.33. The van der Waals surface area contributed by atoms with E-state index in [0.717, 1.165) is 18.4 Å². The molecule has 1 aromatic carbocycles. The molecule has 1 fully saturated rings. The van der Waals surface area contributed by atoms with Crippen LogP contribution >= 0.6 is 0 Å². The zero-order valence-electron chi connectivity index (χ0n) is 8.73. The third-order valence-corrected chi connectivity index (χ3v) is 3.52. The van der Waals surface area contributed by atoms with Gasteiger partial charge in [0.15, 0.2) is 0 Å². The van der Waals surface area contributed by atoms with Gasteiger partial charge in [0.2, 0.25) is 5.91 Å². The number of nitrogens with zero attached hydrogens (tertiary/aromatic N) is 2. The number of nitrogens with one attached hydrogen (secondary N) is 1. The quantitative estimate of drug-likeness (QED) is 0.713. The van der Waals surface area contributed by atoms with E-state index in [1.807, 2.05) is 22.9 Å². The van der Waals surface area contributed by atoms with E-state index in [-0.39, 0.29) is 11.4 Å². The zero-order chi connectivity index (χ0) is 10.8. The molecule has 16 heavy (non-hydrogen) atoms. The molecule has 80 valence electrons. The molecular formula is C12H11N3O. The van der Waals surface area contributed by atoms with Gasteiger partial charge in [-0.3, -0.25) is 9.48 Å². The normalized spacial score (nSPS) is 20.9. The van der Waals surface area contributed by atoms with Crippen molar-refractivity contribution < 1.29 is 4.79 Å². The summed E-state index contributed by atoms with van der Waals surface area (Å²) in [6.07, 6.45) is 2.07. The van der Waals surface area contributed by atoms with E-state index >= 15 is 0 Å². The van der Waals surface area contributed by atoms with Crippen molar-refractivity contribution in [3.63, 3.8) is 0 Å². The lowest BCUT2D eigenvalue weighted by molar-refractivity contribution is -0.124. The van der Waals surface area contributed by atoms with Gasteiger partial charge >= 0.3 is 0 Å². The van der Waals surface area contributed by atoms with Crippen LogP contribution < -0.4 is 5.32 Å². The van der Waals surface area contributed by atoms with E-state index < -0.39 is 0 Å². The molecule has 2 aliphatic rings. The van der Waals surface area contributed by atoms with Gasteiger partial charge in [0.25, 0.3) is 0 Å². The first-order chi connectivity index (χ1) is 7.78. The maximum absolute atomic E-state index is 11.6. The number of aromatic nitrogens is 2. The largest absolute Gasteiger partial charge is 0.343 e. The first-order valence-electron chi connectivity index (χ1n) is 5.56. The number of benzene rings is 1. The second-order valence-electron chi connectivity index (χ2n) is 4.65. The third kappa shape index (κ3) is 0.894. The lowest BCUT2D eigenvalue weighted by atomic mass is 10.1. The molecule has 4 nitrogen and oxygen atoms in total. The molecule has 1 spiro atoms. The Morgan fingerprint density at radius 2 is 2.12 bits per heavy atom. The van der Waals surface area contributed by atoms with Crippen LogP contribution in [0.1, 0.15) is 18.5 Å². The summed E-state index contributed by atoms with van der Waals surface area (Å²) in [5.41, 5.74) is 2.08. The van der Waals surface area contributed by atoms with Crippen molar-refractivity contribution in [2.45, 2.75) is 24.9 Å². The van der Waals surface area contributed by atoms with Gasteiger partial charge in [-0.15, -0.1) is 0 Å². The average Bonchev–Trinajstić information content (AvgIpc) is 2.91. The highest BCUT2D eigenvalue weighted by molar-refractivity contribution is 5.87. The Labute approximate surface area is 92.2 Å². The molecule has 1 saturated carbocycles. The lowest BCUT2D eigenvalue weighted by Gasteiger charge is -2.24. The molecular weight excluding hydrogens is 202 g/mol. The van der Waals surface area contributed by atoms with Crippen LogP contribution in [0, 0.1) is 0 Å². The van der Waals surface area contributed by atoms with Crippen LogP contribution in [0.4, 0.5) is 0 Å². The highest BCUT2D eigenvalue weighted by Crippen LogP contribution is 2.49. The number of hydrogen-bond acceptors (Lipinski definition) is 2. The molecule has 1 N–H and O–H groups in total. The van der Waals surface area contributed by atoms with Crippen molar-refractivity contribution in [1.82, 2.24) is 15.1 Å². The highest BCUT2D eigenvalue weighted by Gasteiger charge is 2.51. The number of amides is 1. The summed E-state index contributed by atoms with van der Waals surface area (Å²) in [4.78, 5) is 11.6. The van der Waals surface area contributed by atoms with Gasteiger partial charge in [-0.2, -0.15) is 5.10 Å². The Hall–Kier alpha value is -1.84. The summed E-state index contributed by atoms with van der Waals surface area (Å²) in [5.74, 6) is 0.0813. The van der Waals surface area contributed by atoms with Gasteiger partial charge in [-0.05, 0) is 18.9 Å². The summed E-state index contributed by atoms with van der Waals surface area (Å²) in [6.45, 7) is 0.353. The number of fused-ring (bicyclic) bond motifs is 4. The van der Waals surface area contributed by atoms with E-state index in [2.05, 4.69) is 16.5 Å². The number of carbonyl (C=O) groups excluding carboxylic acids is 1. The standard InChI is InChI=1S/C12H11N3O/c16-10-7-15-11(12(13-10)5-6-12)8-3-1-2-4-9(8)14-15/h1-4H,5-7H2,(H,13,16). The summed E-state index contributed by atoms with van der Waals surface area (Å²) >= 11 is 0. The van der Waals surface area contributed by atoms with Crippen molar-refractivity contribution in [3.05, 3.63) is 30.0 Å². The summed E-state index contributed by atoms with van der Waals surface area (Å²) < 4.78 is 1.87. The van der Waals surface area contributed by atoms with Gasteiger partial charge in [-0.25, -0.2) is 0 Å². The van der Waals surface area contributed by atoms with Gasteiger partial charge in [0.1, 0.15) is 6.54 Å². The molecule has 1 amide bonds. The Balaban J connectivity index is 2.08. The van der Waals surface area contributed by atoms with Crippen molar-refractivity contribution in [3.8, 4) is 0 Å². The van der Waals surface area contributed by atoms with E-state index in [4.69, 9.17) is 0 Å². The average molecular weight is 213 g/mol. The Morgan fingerprint density at radius 3 is 2.94 bits per heavy atom. The maximum Gasteiger partial charge on any atom is 0.242 e. The van der Waals surface area contributed by atoms with Crippen LogP contribution in [0.3, 0.4) is 0 Å². The monoisotopic (exact) mass is 213 g/mol. The Kier molecular flexibility index (Phi) is 1.28. The van der Waals surface area contributed by atoms with E-state index in [0.29, 0.717) is 6.54 Å². The maximum atomic E-state index is 11.6. The summed E-state index contributed by atoms with van der Waals surface area (Å²) in [6, 6.07) is 8.10. The number of rotatable bonds is 0. The molecule has 1 aliphatic carbocycles. The number of hydrogen-bond donors (Lipinski definition) is 1. The van der Waals surface area contributed by atoms with Crippen LogP contribution in [0.25, 0.3) is 10.9 Å². The van der Waals surface area contributed by atoms with Crippen LogP contribution in [0.15, 0.2) is 24.3 Å². The molecule has 0 atom stereocenters. The van der Waals surface area contributed by atoms with Gasteiger partial charge in [0, 0.05) is 5.39 Å². The van der Waals surface area contributed by atoms with Gasteiger partial charge < -0.3 is 5.32 Å². The second kappa shape index (κ2) is 2.45. The molecule has 4 heteroatoms. The zero-order valence-corrected chi connectivity index (χ0v) is 8.73. The van der Waals surface area contributed by atoms with E-state index in [1.54, 1.807) is 0 Å². The smallest absolute Gasteiger partial charge is 0.242 e. The predicted molar refractivity (Wildman–Crippen MR) is 58.8 cm³/mol. The topological polar surface area (TPSA) is 46.9 Å². The van der Waals surface area contributed by atoms with Crippen molar-refractivity contribution >= 4 is 16.8 Å². The van der Waals surface area contributed by atoms with Gasteiger partial charge in [-0.1, -0.05) is 18.2 Å². The molecule has 1 aliphatic heterocycles. The molecule has 0 bridgehead atoms. The Morgan fingerprint density at radius 1 is 1.31 bits per heavy atom. The fourth-order valence-electron chi connectivity index (χ4n) is 2.69.